The van der Waals surface area contributed by atoms with Crippen molar-refractivity contribution in [3.8, 4) is 17.6 Å². The van der Waals surface area contributed by atoms with E-state index < -0.39 is 0 Å². The van der Waals surface area contributed by atoms with Gasteiger partial charge >= 0.3 is 0 Å². The van der Waals surface area contributed by atoms with E-state index in [4.69, 9.17) is 26.2 Å². The Hall–Kier alpha value is -3.51. The Kier molecular flexibility index (Phi) is 5.00. The maximum absolute atomic E-state index is 12.6. The number of nitrogen functional groups attached to an aromatic ring is 2. The van der Waals surface area contributed by atoms with Gasteiger partial charge in [-0.15, -0.1) is 11.3 Å². The van der Waals surface area contributed by atoms with E-state index in [-0.39, 0.29) is 29.5 Å². The summed E-state index contributed by atoms with van der Waals surface area (Å²) in [7, 11) is 3.11. The third-order valence-corrected chi connectivity index (χ3v) is 5.09. The minimum Gasteiger partial charge on any atom is -0.493 e. The largest absolute Gasteiger partial charge is 0.493 e. The van der Waals surface area contributed by atoms with Crippen LogP contribution in [0.1, 0.15) is 20.8 Å². The Labute approximate surface area is 159 Å². The van der Waals surface area contributed by atoms with Crippen LogP contribution in [-0.2, 0) is 6.54 Å². The number of fused-ring (bicyclic) bond motifs is 1. The predicted molar refractivity (Wildman–Crippen MR) is 104 cm³/mol. The van der Waals surface area contributed by atoms with Gasteiger partial charge in [-0.3, -0.25) is 4.79 Å². The Balaban J connectivity index is 1.83. The monoisotopic (exact) mass is 383 g/mol. The Morgan fingerprint density at radius 2 is 2.00 bits per heavy atom. The maximum atomic E-state index is 12.6. The minimum absolute atomic E-state index is 0.114. The molecule has 9 heteroatoms. The summed E-state index contributed by atoms with van der Waals surface area (Å²) in [5.74, 6) is 0.971. The Morgan fingerprint density at radius 1 is 1.26 bits per heavy atom. The molecule has 2 heterocycles. The number of aromatic nitrogens is 1. The molecule has 3 aromatic rings. The molecule has 0 saturated heterocycles. The van der Waals surface area contributed by atoms with E-state index in [1.165, 1.54) is 0 Å². The smallest absolute Gasteiger partial charge is 0.263 e. The minimum atomic E-state index is -0.331. The van der Waals surface area contributed by atoms with Crippen molar-refractivity contribution in [3.05, 3.63) is 40.3 Å². The van der Waals surface area contributed by atoms with Crippen molar-refractivity contribution in [3.63, 3.8) is 0 Å². The van der Waals surface area contributed by atoms with Gasteiger partial charge in [-0.1, -0.05) is 6.07 Å². The molecule has 2 aromatic heterocycles. The fourth-order valence-corrected chi connectivity index (χ4v) is 3.57. The lowest BCUT2D eigenvalue weighted by atomic mass is 10.2. The van der Waals surface area contributed by atoms with E-state index in [1.54, 1.807) is 32.4 Å². The standard InChI is InChI=1S/C18H17N5O3S/c1-25-12-4-3-9(5-13(12)26-2)8-22-17(24)15-14(20)11-6-10(7-19)16(21)23-18(11)27-15/h3-6H,8,20H2,1-2H3,(H2,21,23)(H,22,24). The molecule has 0 aliphatic rings. The second-order valence-corrected chi connectivity index (χ2v) is 6.60. The number of amides is 1. The zero-order valence-corrected chi connectivity index (χ0v) is 15.5. The normalized spacial score (nSPS) is 10.4. The number of rotatable bonds is 5. The third kappa shape index (κ3) is 3.43. The number of carbonyl (C=O) groups is 1. The van der Waals surface area contributed by atoms with E-state index >= 15 is 0 Å². The molecule has 1 amide bonds. The molecular formula is C18H17N5O3S. The lowest BCUT2D eigenvalue weighted by Gasteiger charge is -2.10. The van der Waals surface area contributed by atoms with E-state index in [2.05, 4.69) is 10.3 Å². The molecule has 0 radical (unpaired) electrons. The van der Waals surface area contributed by atoms with Gasteiger partial charge < -0.3 is 26.3 Å². The second kappa shape index (κ2) is 7.39. The van der Waals surface area contributed by atoms with Crippen molar-refractivity contribution in [1.29, 1.82) is 5.26 Å². The molecule has 0 atom stereocenters. The highest BCUT2D eigenvalue weighted by Gasteiger charge is 2.19. The lowest BCUT2D eigenvalue weighted by Crippen LogP contribution is -2.22. The van der Waals surface area contributed by atoms with Crippen LogP contribution in [0.5, 0.6) is 11.5 Å². The molecule has 0 aliphatic heterocycles. The van der Waals surface area contributed by atoms with Crippen molar-refractivity contribution in [2.45, 2.75) is 6.54 Å². The summed E-state index contributed by atoms with van der Waals surface area (Å²) < 4.78 is 10.5. The van der Waals surface area contributed by atoms with Crippen molar-refractivity contribution in [1.82, 2.24) is 10.3 Å². The molecule has 5 N–H and O–H groups in total. The van der Waals surface area contributed by atoms with E-state index in [9.17, 15) is 4.79 Å². The zero-order valence-electron chi connectivity index (χ0n) is 14.7. The Morgan fingerprint density at radius 3 is 2.67 bits per heavy atom. The summed E-state index contributed by atoms with van der Waals surface area (Å²) in [5, 5.41) is 12.4. The van der Waals surface area contributed by atoms with Crippen molar-refractivity contribution in [2.24, 2.45) is 0 Å². The van der Waals surface area contributed by atoms with Gasteiger partial charge in [-0.05, 0) is 23.8 Å². The van der Waals surface area contributed by atoms with Gasteiger partial charge in [0, 0.05) is 11.9 Å². The van der Waals surface area contributed by atoms with Crippen LogP contribution in [0, 0.1) is 11.3 Å². The number of anilines is 2. The highest BCUT2D eigenvalue weighted by molar-refractivity contribution is 7.21. The molecule has 0 fully saturated rings. The number of benzene rings is 1. The fourth-order valence-electron chi connectivity index (χ4n) is 2.57. The van der Waals surface area contributed by atoms with Crippen molar-refractivity contribution in [2.75, 3.05) is 25.7 Å². The molecule has 1 aromatic carbocycles. The molecule has 0 aliphatic carbocycles. The summed E-state index contributed by atoms with van der Waals surface area (Å²) in [6.07, 6.45) is 0. The highest BCUT2D eigenvalue weighted by Crippen LogP contribution is 2.34. The van der Waals surface area contributed by atoms with Crippen LogP contribution in [0.2, 0.25) is 0 Å². The molecule has 138 valence electrons. The van der Waals surface area contributed by atoms with Gasteiger partial charge in [0.15, 0.2) is 11.5 Å². The van der Waals surface area contributed by atoms with E-state index in [1.807, 2.05) is 12.1 Å². The SMILES string of the molecule is COc1ccc(CNC(=O)c2sc3nc(N)c(C#N)cc3c2N)cc1OC. The number of nitriles is 1. The van der Waals surface area contributed by atoms with Gasteiger partial charge in [-0.2, -0.15) is 5.26 Å². The van der Waals surface area contributed by atoms with Gasteiger partial charge in [0.1, 0.15) is 21.6 Å². The summed E-state index contributed by atoms with van der Waals surface area (Å²) in [4.78, 5) is 17.6. The molecule has 27 heavy (non-hydrogen) atoms. The van der Waals surface area contributed by atoms with Crippen LogP contribution in [0.15, 0.2) is 24.3 Å². The molecule has 0 saturated carbocycles. The predicted octanol–water partition coefficient (Wildman–Crippen LogP) is 2.28. The zero-order chi connectivity index (χ0) is 19.6. The summed E-state index contributed by atoms with van der Waals surface area (Å²) in [6.45, 7) is 0.284. The number of nitrogens with zero attached hydrogens (tertiary/aromatic N) is 2. The topological polar surface area (TPSA) is 136 Å². The molecule has 0 bridgehead atoms. The highest BCUT2D eigenvalue weighted by atomic mass is 32.1. The summed E-state index contributed by atoms with van der Waals surface area (Å²) >= 11 is 1.13. The van der Waals surface area contributed by atoms with Crippen LogP contribution in [0.3, 0.4) is 0 Å². The maximum Gasteiger partial charge on any atom is 0.263 e. The van der Waals surface area contributed by atoms with Crippen LogP contribution in [-0.4, -0.2) is 25.1 Å². The molecule has 0 spiro atoms. The average molecular weight is 383 g/mol. The number of hydrogen-bond donors (Lipinski definition) is 3. The van der Waals surface area contributed by atoms with Gasteiger partial charge in [0.05, 0.1) is 25.5 Å². The number of ether oxygens (including phenoxy) is 2. The van der Waals surface area contributed by atoms with Crippen LogP contribution in [0.25, 0.3) is 10.2 Å². The number of nitrogens with two attached hydrogens (primary N) is 2. The Bertz CT molecular complexity index is 1070. The van der Waals surface area contributed by atoms with Gasteiger partial charge in [0.2, 0.25) is 0 Å². The third-order valence-electron chi connectivity index (χ3n) is 3.98. The fraction of sp³-hybridized carbons (Fsp3) is 0.167. The van der Waals surface area contributed by atoms with Crippen molar-refractivity contribution < 1.29 is 14.3 Å². The molecule has 8 nitrogen and oxygen atoms in total. The molecular weight excluding hydrogens is 366 g/mol. The number of hydrogen-bond acceptors (Lipinski definition) is 8. The van der Waals surface area contributed by atoms with E-state index in [0.29, 0.717) is 26.6 Å². The molecule has 3 rings (SSSR count). The molecule has 0 unspecified atom stereocenters. The first-order valence-corrected chi connectivity index (χ1v) is 8.67. The number of carbonyl (C=O) groups excluding carboxylic acids is 1. The number of methoxy groups -OCH3 is 2. The number of pyridine rings is 1. The quantitative estimate of drug-likeness (QED) is 0.615. The first-order chi connectivity index (χ1) is 13.0. The first kappa shape index (κ1) is 18.3. The van der Waals surface area contributed by atoms with Gasteiger partial charge in [-0.25, -0.2) is 4.98 Å². The van der Waals surface area contributed by atoms with Crippen molar-refractivity contribution >= 4 is 39.0 Å². The van der Waals surface area contributed by atoms with E-state index in [0.717, 1.165) is 16.9 Å². The first-order valence-electron chi connectivity index (χ1n) is 7.86. The number of thiophene rings is 1. The summed E-state index contributed by atoms with van der Waals surface area (Å²) in [5.41, 5.74) is 13.2. The van der Waals surface area contributed by atoms with Crippen LogP contribution >= 0.6 is 11.3 Å². The van der Waals surface area contributed by atoms with Crippen LogP contribution < -0.4 is 26.3 Å². The number of nitrogens with one attached hydrogen (secondary N) is 1. The van der Waals surface area contributed by atoms with Crippen LogP contribution in [0.4, 0.5) is 11.5 Å². The average Bonchev–Trinajstić information content (AvgIpc) is 3.00. The second-order valence-electron chi connectivity index (χ2n) is 5.60. The summed E-state index contributed by atoms with van der Waals surface area (Å²) in [6, 6.07) is 8.89. The lowest BCUT2D eigenvalue weighted by molar-refractivity contribution is 0.0956. The van der Waals surface area contributed by atoms with Gasteiger partial charge in [0.25, 0.3) is 5.91 Å².